The summed E-state index contributed by atoms with van der Waals surface area (Å²) in [5, 5.41) is 0. The van der Waals surface area contributed by atoms with Gasteiger partial charge in [0.15, 0.2) is 11.5 Å². The molecule has 0 bridgehead atoms. The average Bonchev–Trinajstić information content (AvgIpc) is 2.85. The first-order chi connectivity index (χ1) is 9.63. The van der Waals surface area contributed by atoms with Gasteiger partial charge in [0.2, 0.25) is 18.6 Å². The van der Waals surface area contributed by atoms with Gasteiger partial charge in [-0.15, -0.1) is 0 Å². The minimum atomic E-state index is -0.976. The molecule has 2 N–H and O–H groups in total. The summed E-state index contributed by atoms with van der Waals surface area (Å²) in [6, 6.07) is 7.48. The first-order valence-electron chi connectivity index (χ1n) is 5.67. The molecule has 0 saturated carbocycles. The van der Waals surface area contributed by atoms with Gasteiger partial charge in [0.05, 0.1) is 5.56 Å². The van der Waals surface area contributed by atoms with Crippen LogP contribution in [0.3, 0.4) is 0 Å². The van der Waals surface area contributed by atoms with E-state index in [9.17, 15) is 9.18 Å². The molecule has 3 rings (SSSR count). The number of hydrogen-bond acceptors (Lipinski definition) is 5. The molecule has 1 aromatic heterocycles. The van der Waals surface area contributed by atoms with E-state index in [2.05, 4.69) is 4.98 Å². The number of nitrogens with zero attached hydrogens (tertiary/aromatic N) is 1. The summed E-state index contributed by atoms with van der Waals surface area (Å²) in [6.45, 7) is 0.152. The second-order valence-corrected chi connectivity index (χ2v) is 3.97. The molecule has 0 saturated heterocycles. The predicted molar refractivity (Wildman–Crippen MR) is 65.4 cm³/mol. The lowest BCUT2D eigenvalue weighted by atomic mass is 10.2. The Kier molecular flexibility index (Phi) is 2.86. The number of ether oxygens (including phenoxy) is 3. The molecule has 0 aliphatic carbocycles. The molecule has 1 aliphatic rings. The van der Waals surface area contributed by atoms with Gasteiger partial charge in [0.25, 0.3) is 5.91 Å². The van der Waals surface area contributed by atoms with E-state index in [1.807, 2.05) is 0 Å². The summed E-state index contributed by atoms with van der Waals surface area (Å²) in [5.74, 6) is -0.294. The van der Waals surface area contributed by atoms with Crippen LogP contribution in [0, 0.1) is 5.95 Å². The number of halogens is 1. The van der Waals surface area contributed by atoms with Crippen LogP contribution in [-0.2, 0) is 0 Å². The number of carbonyl (C=O) groups excluding carboxylic acids is 1. The Morgan fingerprint density at radius 3 is 2.80 bits per heavy atom. The lowest BCUT2D eigenvalue weighted by molar-refractivity contribution is 0.0995. The average molecular weight is 276 g/mol. The lowest BCUT2D eigenvalue weighted by Gasteiger charge is -2.06. The van der Waals surface area contributed by atoms with Crippen molar-refractivity contribution >= 4 is 5.91 Å². The van der Waals surface area contributed by atoms with Gasteiger partial charge >= 0.3 is 0 Å². The molecule has 2 heterocycles. The highest BCUT2D eigenvalue weighted by Gasteiger charge is 2.15. The summed E-state index contributed by atoms with van der Waals surface area (Å²) < 4.78 is 29.2. The largest absolute Gasteiger partial charge is 0.454 e. The molecule has 7 heteroatoms. The van der Waals surface area contributed by atoms with Crippen molar-refractivity contribution in [2.75, 3.05) is 6.79 Å². The highest BCUT2D eigenvalue weighted by atomic mass is 19.1. The van der Waals surface area contributed by atoms with Gasteiger partial charge in [-0.25, -0.2) is 0 Å². The minimum absolute atomic E-state index is 0.00589. The van der Waals surface area contributed by atoms with Crippen molar-refractivity contribution in [3.63, 3.8) is 0 Å². The smallest absolute Gasteiger partial charge is 0.253 e. The Hall–Kier alpha value is -2.83. The van der Waals surface area contributed by atoms with Crippen molar-refractivity contribution in [3.8, 4) is 23.1 Å². The van der Waals surface area contributed by atoms with Crippen LogP contribution in [-0.4, -0.2) is 17.7 Å². The van der Waals surface area contributed by atoms with Crippen LogP contribution in [0.5, 0.6) is 23.1 Å². The molecule has 6 nitrogen and oxygen atoms in total. The summed E-state index contributed by atoms with van der Waals surface area (Å²) in [6.07, 6.45) is 0. The maximum Gasteiger partial charge on any atom is 0.253 e. The third-order valence-corrected chi connectivity index (χ3v) is 2.66. The van der Waals surface area contributed by atoms with E-state index >= 15 is 0 Å². The molecule has 20 heavy (non-hydrogen) atoms. The molecule has 1 aromatic carbocycles. The van der Waals surface area contributed by atoms with Crippen molar-refractivity contribution < 1.29 is 23.4 Å². The standard InChI is InChI=1S/C13H9FN2O4/c14-12-8(13(15)17)2-4-11(16-12)20-7-1-3-9-10(5-7)19-6-18-9/h1-5H,6H2,(H2,15,17). The zero-order valence-electron chi connectivity index (χ0n) is 10.1. The quantitative estimate of drug-likeness (QED) is 0.865. The van der Waals surface area contributed by atoms with Gasteiger partial charge in [-0.05, 0) is 18.2 Å². The van der Waals surface area contributed by atoms with Gasteiger partial charge in [0.1, 0.15) is 5.75 Å². The summed E-state index contributed by atoms with van der Waals surface area (Å²) in [7, 11) is 0. The predicted octanol–water partition coefficient (Wildman–Crippen LogP) is 1.84. The Labute approximate surface area is 112 Å². The van der Waals surface area contributed by atoms with Crippen LogP contribution in [0.2, 0.25) is 0 Å². The van der Waals surface area contributed by atoms with E-state index in [1.54, 1.807) is 18.2 Å². The van der Waals surface area contributed by atoms with Crippen LogP contribution in [0.25, 0.3) is 0 Å². The topological polar surface area (TPSA) is 83.7 Å². The summed E-state index contributed by atoms with van der Waals surface area (Å²) in [4.78, 5) is 14.4. The van der Waals surface area contributed by atoms with Crippen molar-refractivity contribution in [3.05, 3.63) is 41.8 Å². The number of hydrogen-bond donors (Lipinski definition) is 1. The Balaban J connectivity index is 1.84. The van der Waals surface area contributed by atoms with Crippen LogP contribution < -0.4 is 19.9 Å². The fourth-order valence-corrected chi connectivity index (χ4v) is 1.72. The molecule has 0 fully saturated rings. The number of aromatic nitrogens is 1. The maximum absolute atomic E-state index is 13.5. The van der Waals surface area contributed by atoms with Gasteiger partial charge < -0.3 is 19.9 Å². The number of nitrogens with two attached hydrogens (primary N) is 1. The van der Waals surface area contributed by atoms with E-state index in [4.69, 9.17) is 19.9 Å². The van der Waals surface area contributed by atoms with Crippen molar-refractivity contribution in [2.24, 2.45) is 5.73 Å². The second-order valence-electron chi connectivity index (χ2n) is 3.97. The lowest BCUT2D eigenvalue weighted by Crippen LogP contribution is -2.14. The SMILES string of the molecule is NC(=O)c1ccc(Oc2ccc3c(c2)OCO3)nc1F. The monoisotopic (exact) mass is 276 g/mol. The van der Waals surface area contributed by atoms with Crippen LogP contribution >= 0.6 is 0 Å². The molecule has 2 aromatic rings. The number of fused-ring (bicyclic) bond motifs is 1. The normalized spacial score (nSPS) is 12.2. The van der Waals surface area contributed by atoms with Crippen LogP contribution in [0.4, 0.5) is 4.39 Å². The molecule has 0 atom stereocenters. The van der Waals surface area contributed by atoms with E-state index in [0.717, 1.165) is 0 Å². The summed E-state index contributed by atoms with van der Waals surface area (Å²) in [5.41, 5.74) is 4.70. The molecule has 102 valence electrons. The van der Waals surface area contributed by atoms with E-state index < -0.39 is 11.9 Å². The second kappa shape index (κ2) is 4.69. The number of pyridine rings is 1. The Morgan fingerprint density at radius 1 is 1.25 bits per heavy atom. The number of rotatable bonds is 3. The minimum Gasteiger partial charge on any atom is -0.454 e. The molecular formula is C13H9FN2O4. The van der Waals surface area contributed by atoms with Crippen molar-refractivity contribution in [1.29, 1.82) is 0 Å². The van der Waals surface area contributed by atoms with Crippen molar-refractivity contribution in [1.82, 2.24) is 4.98 Å². The Morgan fingerprint density at radius 2 is 2.05 bits per heavy atom. The number of primary amides is 1. The van der Waals surface area contributed by atoms with Gasteiger partial charge in [-0.2, -0.15) is 9.37 Å². The highest BCUT2D eigenvalue weighted by Crippen LogP contribution is 2.36. The number of amides is 1. The zero-order valence-corrected chi connectivity index (χ0v) is 10.1. The highest BCUT2D eigenvalue weighted by molar-refractivity contribution is 5.92. The van der Waals surface area contributed by atoms with E-state index in [1.165, 1.54) is 12.1 Å². The molecule has 1 amide bonds. The Bertz CT molecular complexity index is 690. The van der Waals surface area contributed by atoms with Gasteiger partial charge in [-0.1, -0.05) is 0 Å². The van der Waals surface area contributed by atoms with Crippen molar-refractivity contribution in [2.45, 2.75) is 0 Å². The maximum atomic E-state index is 13.5. The fraction of sp³-hybridized carbons (Fsp3) is 0.0769. The number of carbonyl (C=O) groups is 1. The van der Waals surface area contributed by atoms with Crippen LogP contribution in [0.1, 0.15) is 10.4 Å². The molecule has 1 aliphatic heterocycles. The van der Waals surface area contributed by atoms with Gasteiger partial charge in [0, 0.05) is 12.1 Å². The molecule has 0 unspecified atom stereocenters. The fourth-order valence-electron chi connectivity index (χ4n) is 1.72. The third-order valence-electron chi connectivity index (χ3n) is 2.66. The third kappa shape index (κ3) is 2.20. The molecule has 0 radical (unpaired) electrons. The summed E-state index contributed by atoms with van der Waals surface area (Å²) >= 11 is 0. The van der Waals surface area contributed by atoms with E-state index in [0.29, 0.717) is 17.2 Å². The first-order valence-corrected chi connectivity index (χ1v) is 5.67. The van der Waals surface area contributed by atoms with Crippen LogP contribution in [0.15, 0.2) is 30.3 Å². The number of benzene rings is 1. The molecule has 0 spiro atoms. The van der Waals surface area contributed by atoms with E-state index in [-0.39, 0.29) is 18.2 Å². The molecular weight excluding hydrogens is 267 g/mol. The zero-order chi connectivity index (χ0) is 14.1. The van der Waals surface area contributed by atoms with Gasteiger partial charge in [-0.3, -0.25) is 4.79 Å². The first kappa shape index (κ1) is 12.2.